The quantitative estimate of drug-likeness (QED) is 0.549. The lowest BCUT2D eigenvalue weighted by Gasteiger charge is -1.87. The van der Waals surface area contributed by atoms with Crippen LogP contribution in [-0.2, 0) is 6.54 Å². The molecule has 0 spiro atoms. The van der Waals surface area contributed by atoms with Crippen molar-refractivity contribution in [2.45, 2.75) is 6.54 Å². The Balaban J connectivity index is 2.83. The Labute approximate surface area is 47.5 Å². The lowest BCUT2D eigenvalue weighted by atomic mass is 10.4. The predicted molar refractivity (Wildman–Crippen MR) is 29.9 cm³/mol. The van der Waals surface area contributed by atoms with Crippen molar-refractivity contribution in [2.75, 3.05) is 0 Å². The van der Waals surface area contributed by atoms with Crippen molar-refractivity contribution in [1.29, 1.82) is 0 Å². The zero-order chi connectivity index (χ0) is 5.82. The molecule has 0 atom stereocenters. The van der Waals surface area contributed by atoms with Crippen molar-refractivity contribution >= 4 is 0 Å². The van der Waals surface area contributed by atoms with Crippen LogP contribution in [0.2, 0.25) is 0 Å². The van der Waals surface area contributed by atoms with Crippen LogP contribution >= 0.6 is 0 Å². The van der Waals surface area contributed by atoms with E-state index in [2.05, 4.69) is 10.2 Å². The van der Waals surface area contributed by atoms with E-state index >= 15 is 0 Å². The number of rotatable bonds is 1. The Morgan fingerprint density at radius 3 is 2.88 bits per heavy atom. The van der Waals surface area contributed by atoms with Crippen molar-refractivity contribution in [3.63, 3.8) is 0 Å². The van der Waals surface area contributed by atoms with E-state index in [0.717, 1.165) is 5.69 Å². The third-order valence-electron chi connectivity index (χ3n) is 0.837. The van der Waals surface area contributed by atoms with E-state index in [1.54, 1.807) is 6.20 Å². The fourth-order valence-corrected chi connectivity index (χ4v) is 0.442. The Morgan fingerprint density at radius 2 is 2.50 bits per heavy atom. The molecule has 0 fully saturated rings. The summed E-state index contributed by atoms with van der Waals surface area (Å²) in [5.41, 5.74) is 6.07. The van der Waals surface area contributed by atoms with Gasteiger partial charge in [-0.1, -0.05) is 0 Å². The first kappa shape index (κ1) is 5.18. The summed E-state index contributed by atoms with van der Waals surface area (Å²) >= 11 is 0. The fraction of sp³-hybridized carbons (Fsp3) is 0.200. The summed E-state index contributed by atoms with van der Waals surface area (Å²) in [6.45, 7) is 0.466. The third-order valence-corrected chi connectivity index (χ3v) is 0.837. The van der Waals surface area contributed by atoms with Gasteiger partial charge >= 0.3 is 0 Å². The molecule has 0 aromatic carbocycles. The Kier molecular flexibility index (Phi) is 1.54. The van der Waals surface area contributed by atoms with Gasteiger partial charge in [0.15, 0.2) is 0 Å². The number of nitrogens with zero attached hydrogens (tertiary/aromatic N) is 2. The molecular weight excluding hydrogens is 102 g/mol. The summed E-state index contributed by atoms with van der Waals surface area (Å²) in [6.07, 6.45) is 1.62. The summed E-state index contributed by atoms with van der Waals surface area (Å²) in [6, 6.07) is 3.65. The minimum atomic E-state index is 0.466. The van der Waals surface area contributed by atoms with Gasteiger partial charge < -0.3 is 5.73 Å². The summed E-state index contributed by atoms with van der Waals surface area (Å²) in [4.78, 5) is 0. The maximum atomic E-state index is 5.25. The molecule has 0 amide bonds. The first-order chi connectivity index (χ1) is 3.93. The summed E-state index contributed by atoms with van der Waals surface area (Å²) < 4.78 is 0. The monoisotopic (exact) mass is 109 g/mol. The molecule has 2 N–H and O–H groups in total. The lowest BCUT2D eigenvalue weighted by molar-refractivity contribution is 0.898. The smallest absolute Gasteiger partial charge is 0.0766 e. The van der Waals surface area contributed by atoms with Crippen molar-refractivity contribution in [3.8, 4) is 0 Å². The fourth-order valence-electron chi connectivity index (χ4n) is 0.442. The van der Waals surface area contributed by atoms with E-state index in [-0.39, 0.29) is 0 Å². The number of aromatic nitrogens is 2. The molecule has 1 rings (SSSR count). The van der Waals surface area contributed by atoms with Crippen molar-refractivity contribution in [2.24, 2.45) is 5.73 Å². The molecule has 1 heterocycles. The Hall–Kier alpha value is -0.960. The largest absolute Gasteiger partial charge is 0.325 e. The van der Waals surface area contributed by atoms with E-state index < -0.39 is 0 Å². The molecule has 0 saturated heterocycles. The van der Waals surface area contributed by atoms with Gasteiger partial charge in [0, 0.05) is 12.7 Å². The molecular formula is C5H7N3. The molecule has 0 radical (unpaired) electrons. The van der Waals surface area contributed by atoms with Crippen LogP contribution in [0.5, 0.6) is 0 Å². The average Bonchev–Trinajstić information content (AvgIpc) is 1.90. The van der Waals surface area contributed by atoms with Gasteiger partial charge in [-0.05, 0) is 12.1 Å². The minimum absolute atomic E-state index is 0.466. The van der Waals surface area contributed by atoms with Crippen LogP contribution < -0.4 is 5.73 Å². The highest BCUT2D eigenvalue weighted by molar-refractivity contribution is 4.97. The van der Waals surface area contributed by atoms with Gasteiger partial charge in [-0.25, -0.2) is 0 Å². The highest BCUT2D eigenvalue weighted by Gasteiger charge is 1.83. The van der Waals surface area contributed by atoms with Crippen molar-refractivity contribution in [1.82, 2.24) is 10.2 Å². The van der Waals surface area contributed by atoms with Crippen LogP contribution in [0, 0.1) is 0 Å². The van der Waals surface area contributed by atoms with Crippen LogP contribution in [0.25, 0.3) is 0 Å². The maximum absolute atomic E-state index is 5.25. The molecule has 0 saturated carbocycles. The summed E-state index contributed by atoms with van der Waals surface area (Å²) in [5, 5.41) is 7.35. The predicted octanol–water partition coefficient (Wildman–Crippen LogP) is -0.0647. The second-order valence-electron chi connectivity index (χ2n) is 1.42. The van der Waals surface area contributed by atoms with E-state index in [4.69, 9.17) is 5.73 Å². The van der Waals surface area contributed by atoms with E-state index in [0.29, 0.717) is 6.54 Å². The number of hydrogen-bond acceptors (Lipinski definition) is 3. The second-order valence-corrected chi connectivity index (χ2v) is 1.42. The normalized spacial score (nSPS) is 9.12. The molecule has 0 aliphatic heterocycles. The van der Waals surface area contributed by atoms with Crippen molar-refractivity contribution < 1.29 is 0 Å². The van der Waals surface area contributed by atoms with Gasteiger partial charge in [0.2, 0.25) is 0 Å². The molecule has 42 valence electrons. The van der Waals surface area contributed by atoms with Crippen molar-refractivity contribution in [3.05, 3.63) is 24.0 Å². The minimum Gasteiger partial charge on any atom is -0.325 e. The van der Waals surface area contributed by atoms with Gasteiger partial charge in [0.05, 0.1) is 5.69 Å². The van der Waals surface area contributed by atoms with Crippen LogP contribution in [0.3, 0.4) is 0 Å². The van der Waals surface area contributed by atoms with Crippen LogP contribution in [0.1, 0.15) is 5.69 Å². The van der Waals surface area contributed by atoms with Gasteiger partial charge in [-0.2, -0.15) is 10.2 Å². The molecule has 8 heavy (non-hydrogen) atoms. The first-order valence-electron chi connectivity index (χ1n) is 2.40. The van der Waals surface area contributed by atoms with Gasteiger partial charge in [-0.3, -0.25) is 0 Å². The van der Waals surface area contributed by atoms with Crippen LogP contribution in [-0.4, -0.2) is 10.2 Å². The molecule has 0 bridgehead atoms. The van der Waals surface area contributed by atoms with E-state index in [1.807, 2.05) is 12.1 Å². The van der Waals surface area contributed by atoms with Gasteiger partial charge in [-0.15, -0.1) is 0 Å². The standard InChI is InChI=1S/C5H7N3/c6-4-5-2-1-3-7-8-5/h1-3H,4,6H2. The topological polar surface area (TPSA) is 51.8 Å². The molecule has 3 heteroatoms. The highest BCUT2D eigenvalue weighted by Crippen LogP contribution is 1.85. The second kappa shape index (κ2) is 2.37. The molecule has 1 aromatic heterocycles. The maximum Gasteiger partial charge on any atom is 0.0766 e. The van der Waals surface area contributed by atoms with Crippen LogP contribution in [0.4, 0.5) is 0 Å². The number of hydrogen-bond donors (Lipinski definition) is 1. The average molecular weight is 109 g/mol. The SMILES string of the molecule is NCc1cccnn1. The highest BCUT2D eigenvalue weighted by atomic mass is 15.1. The number of nitrogens with two attached hydrogens (primary N) is 1. The van der Waals surface area contributed by atoms with E-state index in [1.165, 1.54) is 0 Å². The van der Waals surface area contributed by atoms with E-state index in [9.17, 15) is 0 Å². The summed E-state index contributed by atoms with van der Waals surface area (Å²) in [5.74, 6) is 0. The molecule has 1 aromatic rings. The Bertz CT molecular complexity index is 149. The Morgan fingerprint density at radius 1 is 1.62 bits per heavy atom. The molecule has 0 unspecified atom stereocenters. The lowest BCUT2D eigenvalue weighted by Crippen LogP contribution is -1.99. The van der Waals surface area contributed by atoms with Gasteiger partial charge in [0.1, 0.15) is 0 Å². The molecule has 3 nitrogen and oxygen atoms in total. The third kappa shape index (κ3) is 1.01. The zero-order valence-electron chi connectivity index (χ0n) is 4.41. The van der Waals surface area contributed by atoms with Gasteiger partial charge in [0.25, 0.3) is 0 Å². The first-order valence-corrected chi connectivity index (χ1v) is 2.40. The molecule has 0 aliphatic carbocycles. The van der Waals surface area contributed by atoms with Crippen LogP contribution in [0.15, 0.2) is 18.3 Å². The zero-order valence-corrected chi connectivity index (χ0v) is 4.41. The molecule has 0 aliphatic rings. The summed E-state index contributed by atoms with van der Waals surface area (Å²) in [7, 11) is 0.